The van der Waals surface area contributed by atoms with E-state index in [0.29, 0.717) is 0 Å². The van der Waals surface area contributed by atoms with Gasteiger partial charge in [-0.3, -0.25) is 14.9 Å². The zero-order valence-corrected chi connectivity index (χ0v) is 11.5. The summed E-state index contributed by atoms with van der Waals surface area (Å²) in [5, 5.41) is 11.4. The molecule has 0 atom stereocenters. The molecular formula is C11H12ClN5O3. The summed E-state index contributed by atoms with van der Waals surface area (Å²) in [5.74, 6) is -1.51. The molecule has 0 radical (unpaired) electrons. The minimum Gasteiger partial charge on any atom is -0.480 e. The van der Waals surface area contributed by atoms with Gasteiger partial charge < -0.3 is 9.67 Å². The highest BCUT2D eigenvalue weighted by Crippen LogP contribution is 2.20. The second-order valence-corrected chi connectivity index (χ2v) is 4.78. The van der Waals surface area contributed by atoms with Gasteiger partial charge in [-0.15, -0.1) is 0 Å². The van der Waals surface area contributed by atoms with Gasteiger partial charge in [0.15, 0.2) is 10.8 Å². The highest BCUT2D eigenvalue weighted by Gasteiger charge is 2.15. The zero-order chi connectivity index (χ0) is 14.9. The molecular weight excluding hydrogens is 286 g/mol. The van der Waals surface area contributed by atoms with E-state index < -0.39 is 5.97 Å². The van der Waals surface area contributed by atoms with Crippen molar-refractivity contribution in [2.45, 2.75) is 20.4 Å². The van der Waals surface area contributed by atoms with E-state index in [4.69, 9.17) is 16.7 Å². The number of rotatable bonds is 4. The third kappa shape index (κ3) is 2.85. The van der Waals surface area contributed by atoms with Crippen molar-refractivity contribution in [2.75, 3.05) is 5.32 Å². The van der Waals surface area contributed by atoms with E-state index in [0.717, 1.165) is 0 Å². The van der Waals surface area contributed by atoms with Crippen molar-refractivity contribution in [1.82, 2.24) is 19.5 Å². The topological polar surface area (TPSA) is 110 Å². The molecule has 106 valence electrons. The maximum Gasteiger partial charge on any atom is 0.323 e. The summed E-state index contributed by atoms with van der Waals surface area (Å²) in [4.78, 5) is 34.3. The average Bonchev–Trinajstić information content (AvgIpc) is 2.72. The Morgan fingerprint density at radius 2 is 2.15 bits per heavy atom. The van der Waals surface area contributed by atoms with Gasteiger partial charge in [0.05, 0.1) is 6.33 Å². The van der Waals surface area contributed by atoms with Crippen molar-refractivity contribution >= 4 is 40.6 Å². The number of halogens is 1. The van der Waals surface area contributed by atoms with Crippen LogP contribution in [0, 0.1) is 5.92 Å². The second-order valence-electron chi connectivity index (χ2n) is 4.42. The number of hydrogen-bond acceptors (Lipinski definition) is 5. The fourth-order valence-corrected chi connectivity index (χ4v) is 1.70. The van der Waals surface area contributed by atoms with Crippen molar-refractivity contribution in [3.63, 3.8) is 0 Å². The highest BCUT2D eigenvalue weighted by molar-refractivity contribution is 6.33. The molecule has 0 bridgehead atoms. The van der Waals surface area contributed by atoms with Crippen LogP contribution in [0.2, 0.25) is 5.15 Å². The number of imidazole rings is 1. The number of amides is 1. The third-order valence-electron chi connectivity index (χ3n) is 2.49. The summed E-state index contributed by atoms with van der Waals surface area (Å²) in [6, 6.07) is 0. The summed E-state index contributed by atoms with van der Waals surface area (Å²) < 4.78 is 1.32. The van der Waals surface area contributed by atoms with Gasteiger partial charge in [0.25, 0.3) is 0 Å². The van der Waals surface area contributed by atoms with Crippen LogP contribution in [0.25, 0.3) is 11.2 Å². The average molecular weight is 298 g/mol. The molecule has 0 aliphatic carbocycles. The molecule has 0 aliphatic rings. The molecule has 0 aromatic carbocycles. The first-order chi connectivity index (χ1) is 9.38. The van der Waals surface area contributed by atoms with Crippen molar-refractivity contribution in [3.05, 3.63) is 11.5 Å². The summed E-state index contributed by atoms with van der Waals surface area (Å²) in [6.45, 7) is 3.15. The largest absolute Gasteiger partial charge is 0.480 e. The minimum atomic E-state index is -1.04. The lowest BCUT2D eigenvalue weighted by molar-refractivity contribution is -0.137. The number of carboxylic acids is 1. The molecule has 2 aromatic heterocycles. The number of nitrogens with zero attached hydrogens (tertiary/aromatic N) is 4. The van der Waals surface area contributed by atoms with Crippen LogP contribution in [0.1, 0.15) is 13.8 Å². The van der Waals surface area contributed by atoms with E-state index in [9.17, 15) is 9.59 Å². The first-order valence-electron chi connectivity index (χ1n) is 5.79. The maximum absolute atomic E-state index is 11.6. The first-order valence-corrected chi connectivity index (χ1v) is 6.17. The highest BCUT2D eigenvalue weighted by atomic mass is 35.5. The molecule has 9 heteroatoms. The molecule has 2 aromatic rings. The molecule has 0 fully saturated rings. The standard InChI is InChI=1S/C11H12ClN5O3/c1-5(2)10(20)16-11-14-8(12)7-9(15-11)17(4-13-7)3-6(18)19/h4-5H,3H2,1-2H3,(H,18,19)(H,14,15,16,20). The minimum absolute atomic E-state index is 0.0216. The molecule has 0 unspecified atom stereocenters. The molecule has 8 nitrogen and oxygen atoms in total. The lowest BCUT2D eigenvalue weighted by Gasteiger charge is -2.07. The summed E-state index contributed by atoms with van der Waals surface area (Å²) in [5.41, 5.74) is 0.543. The number of aromatic nitrogens is 4. The molecule has 1 amide bonds. The van der Waals surface area contributed by atoms with Crippen LogP contribution in [-0.2, 0) is 16.1 Å². The van der Waals surface area contributed by atoms with E-state index in [2.05, 4.69) is 20.3 Å². The summed E-state index contributed by atoms with van der Waals surface area (Å²) in [6.07, 6.45) is 1.31. The predicted octanol–water partition coefficient (Wildman–Crippen LogP) is 1.16. The molecule has 0 saturated heterocycles. The van der Waals surface area contributed by atoms with Crippen LogP contribution in [-0.4, -0.2) is 36.5 Å². The van der Waals surface area contributed by atoms with Crippen LogP contribution < -0.4 is 5.32 Å². The Hall–Kier alpha value is -2.22. The molecule has 20 heavy (non-hydrogen) atoms. The Bertz CT molecular complexity index is 682. The second kappa shape index (κ2) is 5.41. The van der Waals surface area contributed by atoms with Gasteiger partial charge in [0.2, 0.25) is 11.9 Å². The van der Waals surface area contributed by atoms with E-state index in [1.165, 1.54) is 10.9 Å². The van der Waals surface area contributed by atoms with Crippen LogP contribution in [0.5, 0.6) is 0 Å². The summed E-state index contributed by atoms with van der Waals surface area (Å²) >= 11 is 5.95. The molecule has 2 rings (SSSR count). The normalized spacial score (nSPS) is 11.0. The molecule has 0 spiro atoms. The molecule has 2 N–H and O–H groups in total. The summed E-state index contributed by atoms with van der Waals surface area (Å²) in [7, 11) is 0. The fraction of sp³-hybridized carbons (Fsp3) is 0.364. The molecule has 0 aliphatic heterocycles. The van der Waals surface area contributed by atoms with Crippen molar-refractivity contribution in [1.29, 1.82) is 0 Å². The van der Waals surface area contributed by atoms with Crippen LogP contribution >= 0.6 is 11.6 Å². The van der Waals surface area contributed by atoms with Crippen molar-refractivity contribution < 1.29 is 14.7 Å². The SMILES string of the molecule is CC(C)C(=O)Nc1nc(Cl)c2ncn(CC(=O)O)c2n1. The third-order valence-corrected chi connectivity index (χ3v) is 2.75. The number of carbonyl (C=O) groups is 2. The maximum atomic E-state index is 11.6. The fourth-order valence-electron chi connectivity index (χ4n) is 1.48. The van der Waals surface area contributed by atoms with Gasteiger partial charge in [0.1, 0.15) is 12.1 Å². The number of anilines is 1. The zero-order valence-electron chi connectivity index (χ0n) is 10.8. The van der Waals surface area contributed by atoms with Gasteiger partial charge in [-0.2, -0.15) is 9.97 Å². The Labute approximate surface area is 118 Å². The van der Waals surface area contributed by atoms with Gasteiger partial charge in [0, 0.05) is 5.92 Å². The number of aliphatic carboxylic acids is 1. The van der Waals surface area contributed by atoms with Gasteiger partial charge in [-0.1, -0.05) is 25.4 Å². The van der Waals surface area contributed by atoms with E-state index in [1.807, 2.05) is 0 Å². The number of hydrogen-bond donors (Lipinski definition) is 2. The van der Waals surface area contributed by atoms with Gasteiger partial charge in [-0.25, -0.2) is 4.98 Å². The van der Waals surface area contributed by atoms with E-state index in [-0.39, 0.29) is 40.6 Å². The lowest BCUT2D eigenvalue weighted by atomic mass is 10.2. The Balaban J connectivity index is 2.43. The van der Waals surface area contributed by atoms with Crippen molar-refractivity contribution in [2.24, 2.45) is 5.92 Å². The monoisotopic (exact) mass is 297 g/mol. The van der Waals surface area contributed by atoms with Crippen LogP contribution in [0.15, 0.2) is 6.33 Å². The van der Waals surface area contributed by atoms with Gasteiger partial charge >= 0.3 is 5.97 Å². The van der Waals surface area contributed by atoms with Crippen LogP contribution in [0.3, 0.4) is 0 Å². The number of nitrogens with one attached hydrogen (secondary N) is 1. The smallest absolute Gasteiger partial charge is 0.323 e. The quantitative estimate of drug-likeness (QED) is 0.819. The van der Waals surface area contributed by atoms with Gasteiger partial charge in [-0.05, 0) is 0 Å². The number of fused-ring (bicyclic) bond motifs is 1. The number of carboxylic acid groups (broad SMARTS) is 1. The Kier molecular flexibility index (Phi) is 3.84. The molecule has 2 heterocycles. The Morgan fingerprint density at radius 1 is 1.45 bits per heavy atom. The van der Waals surface area contributed by atoms with E-state index >= 15 is 0 Å². The first kappa shape index (κ1) is 14.2. The van der Waals surface area contributed by atoms with Crippen molar-refractivity contribution in [3.8, 4) is 0 Å². The Morgan fingerprint density at radius 3 is 2.75 bits per heavy atom. The number of carbonyl (C=O) groups excluding carboxylic acids is 1. The molecule has 0 saturated carbocycles. The lowest BCUT2D eigenvalue weighted by Crippen LogP contribution is -2.19. The predicted molar refractivity (Wildman–Crippen MR) is 71.4 cm³/mol. The van der Waals surface area contributed by atoms with Crippen LogP contribution in [0.4, 0.5) is 5.95 Å². The van der Waals surface area contributed by atoms with E-state index in [1.54, 1.807) is 13.8 Å².